The van der Waals surface area contributed by atoms with Crippen LogP contribution in [0.25, 0.3) is 11.0 Å². The molecule has 1 atom stereocenters. The number of anilines is 1. The zero-order valence-corrected chi connectivity index (χ0v) is 11.6. The van der Waals surface area contributed by atoms with Crippen molar-refractivity contribution in [2.75, 3.05) is 19.8 Å². The number of nitrogens with one attached hydrogen (secondary N) is 1. The van der Waals surface area contributed by atoms with Gasteiger partial charge in [0.15, 0.2) is 5.76 Å². The maximum atomic E-state index is 12.0. The molecule has 1 heterocycles. The molecule has 0 aliphatic heterocycles. The summed E-state index contributed by atoms with van der Waals surface area (Å²) in [4.78, 5) is 25.1. The molecule has 1 aromatic heterocycles. The predicted octanol–water partition coefficient (Wildman–Crippen LogP) is 1.22. The Labute approximate surface area is 116 Å². The van der Waals surface area contributed by atoms with Crippen molar-refractivity contribution in [2.45, 2.75) is 13.0 Å². The van der Waals surface area contributed by atoms with Crippen LogP contribution >= 0.6 is 0 Å². The first-order chi connectivity index (χ1) is 9.38. The lowest BCUT2D eigenvalue weighted by molar-refractivity contribution is -0.130. The summed E-state index contributed by atoms with van der Waals surface area (Å²) >= 11 is 0. The lowest BCUT2D eigenvalue weighted by Crippen LogP contribution is -2.44. The van der Waals surface area contributed by atoms with Crippen molar-refractivity contribution in [2.24, 2.45) is 0 Å². The molecular formula is C14H17N3O3. The van der Waals surface area contributed by atoms with Gasteiger partial charge in [-0.25, -0.2) is 0 Å². The second-order valence-corrected chi connectivity index (χ2v) is 4.84. The number of nitrogens with zero attached hydrogens (tertiary/aromatic N) is 1. The Morgan fingerprint density at radius 2 is 2.00 bits per heavy atom. The van der Waals surface area contributed by atoms with E-state index in [1.165, 1.54) is 4.90 Å². The van der Waals surface area contributed by atoms with Gasteiger partial charge in [-0.2, -0.15) is 0 Å². The summed E-state index contributed by atoms with van der Waals surface area (Å²) in [5, 5.41) is 3.35. The highest BCUT2D eigenvalue weighted by molar-refractivity contribution is 5.98. The van der Waals surface area contributed by atoms with Crippen LogP contribution in [-0.2, 0) is 4.79 Å². The maximum absolute atomic E-state index is 12.0. The molecule has 0 spiro atoms. The summed E-state index contributed by atoms with van der Waals surface area (Å²) in [5.74, 6) is -0.454. The van der Waals surface area contributed by atoms with E-state index in [1.807, 2.05) is 0 Å². The monoisotopic (exact) mass is 275 g/mol. The van der Waals surface area contributed by atoms with Gasteiger partial charge in [-0.05, 0) is 31.2 Å². The van der Waals surface area contributed by atoms with Gasteiger partial charge in [-0.1, -0.05) is 0 Å². The molecule has 6 heteroatoms. The third kappa shape index (κ3) is 2.74. The van der Waals surface area contributed by atoms with E-state index < -0.39 is 11.9 Å². The van der Waals surface area contributed by atoms with Crippen molar-refractivity contribution in [3.63, 3.8) is 0 Å². The highest BCUT2D eigenvalue weighted by Gasteiger charge is 2.20. The Kier molecular flexibility index (Phi) is 3.65. The normalized spacial score (nSPS) is 12.2. The molecule has 0 aliphatic rings. The van der Waals surface area contributed by atoms with E-state index in [1.54, 1.807) is 45.3 Å². The smallest absolute Gasteiger partial charge is 0.287 e. The number of nitrogens with two attached hydrogens (primary N) is 1. The van der Waals surface area contributed by atoms with Crippen molar-refractivity contribution in [3.8, 4) is 0 Å². The van der Waals surface area contributed by atoms with Crippen LogP contribution in [0.1, 0.15) is 17.5 Å². The molecule has 6 nitrogen and oxygen atoms in total. The standard InChI is InChI=1S/C14H17N3O3/c1-8(14(19)17(2)3)16-13(18)12-7-9-6-10(15)4-5-11(9)20-12/h4-8H,15H2,1-3H3,(H,16,18). The van der Waals surface area contributed by atoms with Crippen molar-refractivity contribution < 1.29 is 14.0 Å². The molecule has 0 radical (unpaired) electrons. The number of fused-ring (bicyclic) bond motifs is 1. The SMILES string of the molecule is CC(NC(=O)c1cc2cc(N)ccc2o1)C(=O)N(C)C. The summed E-state index contributed by atoms with van der Waals surface area (Å²) in [6.45, 7) is 1.63. The molecule has 20 heavy (non-hydrogen) atoms. The number of amides is 2. The minimum atomic E-state index is -0.615. The largest absolute Gasteiger partial charge is 0.451 e. The molecule has 0 saturated heterocycles. The number of rotatable bonds is 3. The van der Waals surface area contributed by atoms with Crippen LogP contribution in [0.2, 0.25) is 0 Å². The summed E-state index contributed by atoms with van der Waals surface area (Å²) in [6, 6.07) is 6.12. The number of furan rings is 1. The number of nitrogen functional groups attached to an aromatic ring is 1. The molecule has 0 saturated carbocycles. The Bertz CT molecular complexity index is 661. The zero-order chi connectivity index (χ0) is 14.9. The fourth-order valence-electron chi connectivity index (χ4n) is 1.89. The summed E-state index contributed by atoms with van der Waals surface area (Å²) in [6.07, 6.45) is 0. The lowest BCUT2D eigenvalue weighted by Gasteiger charge is -2.17. The quantitative estimate of drug-likeness (QED) is 0.824. The predicted molar refractivity (Wildman–Crippen MR) is 76.2 cm³/mol. The highest BCUT2D eigenvalue weighted by Crippen LogP contribution is 2.21. The van der Waals surface area contributed by atoms with Crippen molar-refractivity contribution >= 4 is 28.5 Å². The van der Waals surface area contributed by atoms with Crippen LogP contribution < -0.4 is 11.1 Å². The number of benzene rings is 1. The Hall–Kier alpha value is -2.50. The van der Waals surface area contributed by atoms with E-state index in [9.17, 15) is 9.59 Å². The fraction of sp³-hybridized carbons (Fsp3) is 0.286. The van der Waals surface area contributed by atoms with E-state index in [2.05, 4.69) is 5.32 Å². The van der Waals surface area contributed by atoms with Gasteiger partial charge < -0.3 is 20.4 Å². The van der Waals surface area contributed by atoms with Gasteiger partial charge in [0.05, 0.1) is 0 Å². The molecular weight excluding hydrogens is 258 g/mol. The molecule has 2 aromatic rings. The fourth-order valence-corrected chi connectivity index (χ4v) is 1.89. The molecule has 2 amide bonds. The summed E-state index contributed by atoms with van der Waals surface area (Å²) in [7, 11) is 3.27. The summed E-state index contributed by atoms with van der Waals surface area (Å²) in [5.41, 5.74) is 6.85. The second-order valence-electron chi connectivity index (χ2n) is 4.84. The molecule has 1 unspecified atom stereocenters. The van der Waals surface area contributed by atoms with Gasteiger partial charge in [0.1, 0.15) is 11.6 Å². The van der Waals surface area contributed by atoms with E-state index in [0.29, 0.717) is 11.3 Å². The van der Waals surface area contributed by atoms with Gasteiger partial charge in [0.25, 0.3) is 5.91 Å². The van der Waals surface area contributed by atoms with Gasteiger partial charge in [0, 0.05) is 25.2 Å². The van der Waals surface area contributed by atoms with Crippen LogP contribution in [0.5, 0.6) is 0 Å². The van der Waals surface area contributed by atoms with E-state index in [0.717, 1.165) is 5.39 Å². The maximum Gasteiger partial charge on any atom is 0.287 e. The van der Waals surface area contributed by atoms with Gasteiger partial charge >= 0.3 is 0 Å². The van der Waals surface area contributed by atoms with Crippen LogP contribution in [0.3, 0.4) is 0 Å². The van der Waals surface area contributed by atoms with Gasteiger partial charge in [-0.3, -0.25) is 9.59 Å². The molecule has 0 fully saturated rings. The number of likely N-dealkylation sites (N-methyl/N-ethyl adjacent to an activating group) is 1. The Morgan fingerprint density at radius 1 is 1.30 bits per heavy atom. The number of carbonyl (C=O) groups is 2. The van der Waals surface area contributed by atoms with E-state index >= 15 is 0 Å². The van der Waals surface area contributed by atoms with Crippen molar-refractivity contribution in [3.05, 3.63) is 30.0 Å². The van der Waals surface area contributed by atoms with E-state index in [-0.39, 0.29) is 11.7 Å². The first-order valence-electron chi connectivity index (χ1n) is 6.19. The van der Waals surface area contributed by atoms with Gasteiger partial charge in [-0.15, -0.1) is 0 Å². The molecule has 106 valence electrons. The zero-order valence-electron chi connectivity index (χ0n) is 11.6. The summed E-state index contributed by atoms with van der Waals surface area (Å²) < 4.78 is 5.43. The molecule has 0 aliphatic carbocycles. The highest BCUT2D eigenvalue weighted by atomic mass is 16.3. The average Bonchev–Trinajstić information content (AvgIpc) is 2.80. The Morgan fingerprint density at radius 3 is 2.65 bits per heavy atom. The van der Waals surface area contributed by atoms with Crippen LogP contribution in [0, 0.1) is 0 Å². The molecule has 3 N–H and O–H groups in total. The number of hydrogen-bond donors (Lipinski definition) is 2. The Balaban J connectivity index is 2.17. The average molecular weight is 275 g/mol. The molecule has 1 aromatic carbocycles. The lowest BCUT2D eigenvalue weighted by atomic mass is 10.2. The van der Waals surface area contributed by atoms with Gasteiger partial charge in [0.2, 0.25) is 5.91 Å². The third-order valence-corrected chi connectivity index (χ3v) is 2.92. The second kappa shape index (κ2) is 5.24. The minimum Gasteiger partial charge on any atom is -0.451 e. The van der Waals surface area contributed by atoms with Crippen molar-refractivity contribution in [1.29, 1.82) is 0 Å². The number of hydrogen-bond acceptors (Lipinski definition) is 4. The third-order valence-electron chi connectivity index (χ3n) is 2.92. The molecule has 2 rings (SSSR count). The van der Waals surface area contributed by atoms with Crippen LogP contribution in [0.15, 0.2) is 28.7 Å². The minimum absolute atomic E-state index is 0.156. The first kappa shape index (κ1) is 13.9. The molecule has 0 bridgehead atoms. The van der Waals surface area contributed by atoms with E-state index in [4.69, 9.17) is 10.2 Å². The van der Waals surface area contributed by atoms with Crippen molar-refractivity contribution in [1.82, 2.24) is 10.2 Å². The topological polar surface area (TPSA) is 88.6 Å². The van der Waals surface area contributed by atoms with Crippen LogP contribution in [-0.4, -0.2) is 36.9 Å². The first-order valence-corrected chi connectivity index (χ1v) is 6.19. The van der Waals surface area contributed by atoms with Crippen LogP contribution in [0.4, 0.5) is 5.69 Å². The number of carbonyl (C=O) groups excluding carboxylic acids is 2.